The summed E-state index contributed by atoms with van der Waals surface area (Å²) >= 11 is 0. The SMILES string of the molecule is C=C1N=C(N)C(F)=CN1C(C)C.C=C1N=C(N)C=CN1C(C)C.C=C1NC(=O)C(C)=CN1C(C)C.C=C1NC(=O)C=CN1C(C)C. The number of nitrogens with zero attached hydrogens (tertiary/aromatic N) is 6. The molecule has 0 aliphatic carbocycles. The molecule has 0 atom stereocenters. The zero-order chi connectivity index (χ0) is 35.5. The van der Waals surface area contributed by atoms with Crippen LogP contribution in [0.15, 0.2) is 108 Å². The maximum Gasteiger partial charge on any atom is 0.253 e. The number of nitrogens with one attached hydrogen (secondary N) is 2. The van der Waals surface area contributed by atoms with Crippen LogP contribution < -0.4 is 22.1 Å². The van der Waals surface area contributed by atoms with Gasteiger partial charge in [0.2, 0.25) is 0 Å². The molecule has 0 aromatic rings. The highest BCUT2D eigenvalue weighted by molar-refractivity contribution is 5.96. The summed E-state index contributed by atoms with van der Waals surface area (Å²) in [6.07, 6.45) is 10.0. The molecule has 12 nitrogen and oxygen atoms in total. The van der Waals surface area contributed by atoms with Crippen LogP contribution in [0.25, 0.3) is 0 Å². The third-order valence-electron chi connectivity index (χ3n) is 6.46. The van der Waals surface area contributed by atoms with Gasteiger partial charge in [-0.15, -0.1) is 0 Å². The Morgan fingerprint density at radius 3 is 1.65 bits per heavy atom. The van der Waals surface area contributed by atoms with E-state index in [0.717, 1.165) is 5.57 Å². The van der Waals surface area contributed by atoms with Crippen LogP contribution in [-0.4, -0.2) is 67.3 Å². The van der Waals surface area contributed by atoms with Crippen LogP contribution in [0.5, 0.6) is 0 Å². The minimum Gasteiger partial charge on any atom is -0.384 e. The second kappa shape index (κ2) is 17.4. The number of hydrogen-bond acceptors (Lipinski definition) is 10. The number of nitrogens with two attached hydrogens (primary N) is 2. The molecule has 0 aromatic carbocycles. The molecule has 0 bridgehead atoms. The van der Waals surface area contributed by atoms with E-state index >= 15 is 0 Å². The number of halogens is 1. The van der Waals surface area contributed by atoms with Crippen molar-refractivity contribution in [2.45, 2.75) is 86.5 Å². The highest BCUT2D eigenvalue weighted by Gasteiger charge is 2.19. The van der Waals surface area contributed by atoms with Crippen molar-refractivity contribution in [1.29, 1.82) is 0 Å². The fraction of sp³-hybridized carbons (Fsp3) is 0.394. The second-order valence-corrected chi connectivity index (χ2v) is 11.6. The van der Waals surface area contributed by atoms with E-state index in [9.17, 15) is 14.0 Å². The zero-order valence-corrected chi connectivity index (χ0v) is 28.6. The first kappa shape index (κ1) is 39.0. The molecule has 252 valence electrons. The summed E-state index contributed by atoms with van der Waals surface area (Å²) in [5.74, 6) is 2.24. The predicted octanol–water partition coefficient (Wildman–Crippen LogP) is 4.42. The minimum absolute atomic E-state index is 0.0584. The van der Waals surface area contributed by atoms with E-state index in [1.54, 1.807) is 24.1 Å². The van der Waals surface area contributed by atoms with Crippen LogP contribution in [0.1, 0.15) is 62.3 Å². The fourth-order valence-electron chi connectivity index (χ4n) is 3.99. The molecule has 4 aliphatic heterocycles. The number of rotatable bonds is 4. The molecular weight excluding hydrogens is 587 g/mol. The van der Waals surface area contributed by atoms with Crippen LogP contribution in [0.4, 0.5) is 4.39 Å². The second-order valence-electron chi connectivity index (χ2n) is 11.6. The highest BCUT2D eigenvalue weighted by atomic mass is 19.1. The van der Waals surface area contributed by atoms with Crippen molar-refractivity contribution in [1.82, 2.24) is 30.2 Å². The average Bonchev–Trinajstić information content (AvgIpc) is 2.93. The van der Waals surface area contributed by atoms with Crippen molar-refractivity contribution in [3.63, 3.8) is 0 Å². The first-order chi connectivity index (χ1) is 21.3. The average molecular weight is 639 g/mol. The lowest BCUT2D eigenvalue weighted by molar-refractivity contribution is -0.118. The molecule has 4 aliphatic rings. The van der Waals surface area contributed by atoms with Gasteiger partial charge in [0.25, 0.3) is 11.8 Å². The van der Waals surface area contributed by atoms with Crippen molar-refractivity contribution in [2.24, 2.45) is 21.5 Å². The number of carbonyl (C=O) groups excluding carboxylic acids is 2. The normalized spacial score (nSPS) is 17.8. The Balaban J connectivity index is 0.000000307. The number of amidine groups is 2. The summed E-state index contributed by atoms with van der Waals surface area (Å²) in [6.45, 7) is 32.8. The quantitative estimate of drug-likeness (QED) is 0.354. The van der Waals surface area contributed by atoms with Gasteiger partial charge >= 0.3 is 0 Å². The van der Waals surface area contributed by atoms with Gasteiger partial charge in [0.15, 0.2) is 11.7 Å². The molecule has 2 amide bonds. The van der Waals surface area contributed by atoms with E-state index < -0.39 is 5.83 Å². The lowest BCUT2D eigenvalue weighted by atomic mass is 10.2. The van der Waals surface area contributed by atoms with Gasteiger partial charge in [0.05, 0.1) is 0 Å². The van der Waals surface area contributed by atoms with E-state index in [-0.39, 0.29) is 23.7 Å². The smallest absolute Gasteiger partial charge is 0.253 e. The van der Waals surface area contributed by atoms with Crippen molar-refractivity contribution >= 4 is 23.5 Å². The molecule has 4 rings (SSSR count). The summed E-state index contributed by atoms with van der Waals surface area (Å²) < 4.78 is 12.9. The third-order valence-corrected chi connectivity index (χ3v) is 6.46. The fourth-order valence-corrected chi connectivity index (χ4v) is 3.99. The molecule has 0 spiro atoms. The Kier molecular flexibility index (Phi) is 14.8. The standard InChI is InChI=1S/C9H14N2O.C8H12FN3.C8H13N3.C8H12N2O/c1-6(2)11-5-7(3)9(12)10-8(11)4;1-5(2)12-4-7(9)8(10)11-6(12)3;1-6(2)11-5-4-8(9)10-7(11)3;1-6(2)10-5-4-8(11)9-7(10)3/h5-6H,4H2,1-3H3,(H,10,12);4-5H,3H2,1-2H3,(H2,10,11);4-6H,3H2,1-2H3,(H2,9,10);4-6H,3H2,1-2H3,(H,9,11). The Bertz CT molecular complexity index is 1370. The van der Waals surface area contributed by atoms with Crippen LogP contribution in [0.2, 0.25) is 0 Å². The maximum atomic E-state index is 12.9. The van der Waals surface area contributed by atoms with Gasteiger partial charge in [-0.2, -0.15) is 0 Å². The number of amides is 2. The van der Waals surface area contributed by atoms with Gasteiger partial charge in [0, 0.05) is 60.6 Å². The molecule has 0 saturated carbocycles. The van der Waals surface area contributed by atoms with Crippen LogP contribution in [0, 0.1) is 0 Å². The van der Waals surface area contributed by atoms with Crippen LogP contribution >= 0.6 is 0 Å². The van der Waals surface area contributed by atoms with Crippen LogP contribution in [-0.2, 0) is 9.59 Å². The van der Waals surface area contributed by atoms with E-state index in [4.69, 9.17) is 11.5 Å². The van der Waals surface area contributed by atoms with E-state index in [1.165, 1.54) is 12.3 Å². The van der Waals surface area contributed by atoms with E-state index in [1.807, 2.05) is 68.6 Å². The number of carbonyl (C=O) groups is 2. The highest BCUT2D eigenvalue weighted by Crippen LogP contribution is 2.18. The molecule has 0 aromatic heterocycles. The molecular formula is C33H51FN10O2. The van der Waals surface area contributed by atoms with Gasteiger partial charge in [-0.1, -0.05) is 26.3 Å². The molecule has 0 unspecified atom stereocenters. The third kappa shape index (κ3) is 11.8. The topological polar surface area (TPSA) is 148 Å². The van der Waals surface area contributed by atoms with Crippen LogP contribution in [0.3, 0.4) is 0 Å². The molecule has 46 heavy (non-hydrogen) atoms. The van der Waals surface area contributed by atoms with Gasteiger partial charge in [-0.05, 0) is 68.4 Å². The Morgan fingerprint density at radius 2 is 1.17 bits per heavy atom. The largest absolute Gasteiger partial charge is 0.384 e. The van der Waals surface area contributed by atoms with Crippen molar-refractivity contribution < 1.29 is 14.0 Å². The monoisotopic (exact) mass is 638 g/mol. The minimum atomic E-state index is -0.504. The lowest BCUT2D eigenvalue weighted by Gasteiger charge is -2.31. The van der Waals surface area contributed by atoms with Crippen molar-refractivity contribution in [2.75, 3.05) is 0 Å². The molecule has 4 heterocycles. The predicted molar refractivity (Wildman–Crippen MR) is 185 cm³/mol. The first-order valence-electron chi connectivity index (χ1n) is 14.9. The van der Waals surface area contributed by atoms with E-state index in [2.05, 4.69) is 60.8 Å². The zero-order valence-electron chi connectivity index (χ0n) is 28.6. The molecule has 0 fully saturated rings. The summed E-state index contributed by atoms with van der Waals surface area (Å²) in [5.41, 5.74) is 11.4. The van der Waals surface area contributed by atoms with Crippen molar-refractivity contribution in [3.8, 4) is 0 Å². The molecule has 13 heteroatoms. The van der Waals surface area contributed by atoms with Gasteiger partial charge in [0.1, 0.15) is 29.1 Å². The first-order valence-corrected chi connectivity index (χ1v) is 14.9. The molecule has 0 radical (unpaired) electrons. The van der Waals surface area contributed by atoms with Crippen molar-refractivity contribution in [3.05, 3.63) is 98.0 Å². The Morgan fingerprint density at radius 1 is 0.696 bits per heavy atom. The van der Waals surface area contributed by atoms with Gasteiger partial charge < -0.3 is 41.7 Å². The lowest BCUT2D eigenvalue weighted by Crippen LogP contribution is -2.40. The van der Waals surface area contributed by atoms with Gasteiger partial charge in [-0.3, -0.25) is 9.59 Å². The summed E-state index contributed by atoms with van der Waals surface area (Å²) in [6, 6.07) is 1.18. The van der Waals surface area contributed by atoms with E-state index in [0.29, 0.717) is 47.2 Å². The summed E-state index contributed by atoms with van der Waals surface area (Å²) in [4.78, 5) is 37.1. The molecule has 0 saturated heterocycles. The Hall–Kier alpha value is -5.07. The number of hydrogen-bond donors (Lipinski definition) is 4. The van der Waals surface area contributed by atoms with Gasteiger partial charge in [-0.25, -0.2) is 14.4 Å². The Labute approximate surface area is 273 Å². The summed E-state index contributed by atoms with van der Waals surface area (Å²) in [7, 11) is 0. The summed E-state index contributed by atoms with van der Waals surface area (Å²) in [5, 5.41) is 5.30. The maximum absolute atomic E-state index is 12.9. The molecule has 6 N–H and O–H groups in total. The number of aliphatic imine (C=N–C) groups is 2.